The van der Waals surface area contributed by atoms with E-state index >= 15 is 0 Å². The first-order valence-corrected chi connectivity index (χ1v) is 8.21. The highest BCUT2D eigenvalue weighted by molar-refractivity contribution is 7.99. The fourth-order valence-electron chi connectivity index (χ4n) is 2.20. The van der Waals surface area contributed by atoms with Crippen molar-refractivity contribution >= 4 is 23.4 Å². The molecule has 1 heterocycles. The van der Waals surface area contributed by atoms with Crippen molar-refractivity contribution in [1.29, 1.82) is 0 Å². The van der Waals surface area contributed by atoms with Gasteiger partial charge in [0, 0.05) is 30.4 Å². The fraction of sp³-hybridized carbons (Fsp3) is 0.533. The van der Waals surface area contributed by atoms with Gasteiger partial charge in [0.1, 0.15) is 5.82 Å². The molecule has 0 bridgehead atoms. The van der Waals surface area contributed by atoms with E-state index in [-0.39, 0.29) is 17.8 Å². The molecule has 1 saturated heterocycles. The van der Waals surface area contributed by atoms with E-state index in [1.165, 1.54) is 24.3 Å². The Labute approximate surface area is 128 Å². The molecular formula is C15H21FN2O2S. The number of benzene rings is 1. The van der Waals surface area contributed by atoms with E-state index in [9.17, 15) is 14.3 Å². The molecule has 0 saturated carbocycles. The zero-order chi connectivity index (χ0) is 15.3. The third kappa shape index (κ3) is 5.30. The Balaban J connectivity index is 1.72. The second-order valence-corrected chi connectivity index (χ2v) is 6.67. The van der Waals surface area contributed by atoms with E-state index in [0.717, 1.165) is 17.9 Å². The number of aliphatic hydroxyl groups is 1. The van der Waals surface area contributed by atoms with Gasteiger partial charge in [0.2, 0.25) is 5.91 Å². The van der Waals surface area contributed by atoms with Gasteiger partial charge in [0.15, 0.2) is 0 Å². The molecule has 1 aromatic carbocycles. The van der Waals surface area contributed by atoms with Crippen LogP contribution < -0.4 is 10.6 Å². The van der Waals surface area contributed by atoms with Crippen molar-refractivity contribution in [2.75, 3.05) is 23.4 Å². The molecule has 2 unspecified atom stereocenters. The average Bonchev–Trinajstić information content (AvgIpc) is 2.87. The molecule has 0 spiro atoms. The number of halogens is 1. The van der Waals surface area contributed by atoms with Crippen molar-refractivity contribution in [3.63, 3.8) is 0 Å². The summed E-state index contributed by atoms with van der Waals surface area (Å²) in [6.07, 6.45) is 1.10. The number of anilines is 1. The fourth-order valence-corrected chi connectivity index (χ4v) is 3.49. The number of amides is 1. The Hall–Kier alpha value is -1.11. The normalized spacial score (nSPS) is 23.0. The standard InChI is InChI=1S/C15H21FN2O2S/c1-11(17-9-15(20)6-7-21-10-15)8-14(19)18-13-4-2-12(16)3-5-13/h2-5,11,17,20H,6-10H2,1H3,(H,18,19). The summed E-state index contributed by atoms with van der Waals surface area (Å²) >= 11 is 1.75. The van der Waals surface area contributed by atoms with Gasteiger partial charge >= 0.3 is 0 Å². The summed E-state index contributed by atoms with van der Waals surface area (Å²) in [5.41, 5.74) is -0.0637. The first-order chi connectivity index (χ1) is 9.97. The Bertz CT molecular complexity index is 475. The first kappa shape index (κ1) is 16.3. The third-order valence-electron chi connectivity index (χ3n) is 3.48. The van der Waals surface area contributed by atoms with Crippen LogP contribution in [0.15, 0.2) is 24.3 Å². The lowest BCUT2D eigenvalue weighted by Gasteiger charge is -2.24. The van der Waals surface area contributed by atoms with Gasteiger partial charge in [-0.25, -0.2) is 4.39 Å². The number of carbonyl (C=O) groups is 1. The minimum Gasteiger partial charge on any atom is -0.388 e. The van der Waals surface area contributed by atoms with Crippen LogP contribution in [0.5, 0.6) is 0 Å². The van der Waals surface area contributed by atoms with Crippen molar-refractivity contribution in [2.45, 2.75) is 31.4 Å². The summed E-state index contributed by atoms with van der Waals surface area (Å²) in [7, 11) is 0. The second kappa shape index (κ2) is 7.24. The maximum Gasteiger partial charge on any atom is 0.225 e. The van der Waals surface area contributed by atoms with Crippen molar-refractivity contribution in [2.24, 2.45) is 0 Å². The number of rotatable bonds is 6. The van der Waals surface area contributed by atoms with Gasteiger partial charge in [-0.3, -0.25) is 4.79 Å². The Morgan fingerprint density at radius 3 is 2.81 bits per heavy atom. The van der Waals surface area contributed by atoms with Crippen molar-refractivity contribution < 1.29 is 14.3 Å². The molecule has 1 fully saturated rings. The smallest absolute Gasteiger partial charge is 0.225 e. The van der Waals surface area contributed by atoms with E-state index in [2.05, 4.69) is 10.6 Å². The summed E-state index contributed by atoms with van der Waals surface area (Å²) in [6, 6.07) is 5.66. The second-order valence-electron chi connectivity index (χ2n) is 5.57. The molecule has 0 aromatic heterocycles. The highest BCUT2D eigenvalue weighted by Crippen LogP contribution is 2.27. The quantitative estimate of drug-likeness (QED) is 0.752. The number of carbonyl (C=O) groups excluding carboxylic acids is 1. The maximum absolute atomic E-state index is 12.8. The highest BCUT2D eigenvalue weighted by Gasteiger charge is 2.31. The highest BCUT2D eigenvalue weighted by atomic mass is 32.2. The van der Waals surface area contributed by atoms with Crippen LogP contribution in [0.2, 0.25) is 0 Å². The molecule has 1 amide bonds. The third-order valence-corrected chi connectivity index (χ3v) is 4.72. The molecule has 21 heavy (non-hydrogen) atoms. The predicted octanol–water partition coefficient (Wildman–Crippen LogP) is 2.00. The first-order valence-electron chi connectivity index (χ1n) is 7.06. The molecule has 2 atom stereocenters. The molecule has 6 heteroatoms. The van der Waals surface area contributed by atoms with Gasteiger partial charge < -0.3 is 15.7 Å². The summed E-state index contributed by atoms with van der Waals surface area (Å²) in [4.78, 5) is 11.9. The summed E-state index contributed by atoms with van der Waals surface area (Å²) in [5.74, 6) is 1.27. The lowest BCUT2D eigenvalue weighted by atomic mass is 10.0. The summed E-state index contributed by atoms with van der Waals surface area (Å²) in [5, 5.41) is 16.1. The summed E-state index contributed by atoms with van der Waals surface area (Å²) in [6.45, 7) is 2.42. The van der Waals surface area contributed by atoms with E-state index in [1.54, 1.807) is 11.8 Å². The van der Waals surface area contributed by atoms with Crippen LogP contribution in [0.4, 0.5) is 10.1 Å². The predicted molar refractivity (Wildman–Crippen MR) is 84.0 cm³/mol. The molecule has 1 aliphatic heterocycles. The number of nitrogens with one attached hydrogen (secondary N) is 2. The molecule has 3 N–H and O–H groups in total. The minimum atomic E-state index is -0.646. The summed E-state index contributed by atoms with van der Waals surface area (Å²) < 4.78 is 12.8. The van der Waals surface area contributed by atoms with Crippen LogP contribution in [0.25, 0.3) is 0 Å². The molecule has 1 aromatic rings. The molecule has 0 radical (unpaired) electrons. The van der Waals surface area contributed by atoms with Crippen LogP contribution in [0.1, 0.15) is 19.8 Å². The lowest BCUT2D eigenvalue weighted by molar-refractivity contribution is -0.116. The zero-order valence-electron chi connectivity index (χ0n) is 12.1. The number of thioether (sulfide) groups is 1. The van der Waals surface area contributed by atoms with Gasteiger partial charge in [0.05, 0.1) is 5.60 Å². The topological polar surface area (TPSA) is 61.4 Å². The molecule has 0 aliphatic carbocycles. The Kier molecular flexibility index (Phi) is 5.61. The van der Waals surface area contributed by atoms with Crippen LogP contribution in [-0.4, -0.2) is 40.7 Å². The zero-order valence-corrected chi connectivity index (χ0v) is 12.9. The van der Waals surface area contributed by atoms with E-state index in [0.29, 0.717) is 18.7 Å². The van der Waals surface area contributed by atoms with Crippen molar-refractivity contribution in [1.82, 2.24) is 5.32 Å². The van der Waals surface area contributed by atoms with E-state index < -0.39 is 5.60 Å². The van der Waals surface area contributed by atoms with Gasteiger partial charge in [-0.1, -0.05) is 0 Å². The van der Waals surface area contributed by atoms with Crippen molar-refractivity contribution in [3.05, 3.63) is 30.1 Å². The number of hydrogen-bond acceptors (Lipinski definition) is 4. The van der Waals surface area contributed by atoms with Crippen LogP contribution in [0, 0.1) is 5.82 Å². The van der Waals surface area contributed by atoms with E-state index in [4.69, 9.17) is 0 Å². The van der Waals surface area contributed by atoms with Crippen LogP contribution >= 0.6 is 11.8 Å². The maximum atomic E-state index is 12.8. The van der Waals surface area contributed by atoms with Gasteiger partial charge in [0.25, 0.3) is 0 Å². The molecule has 116 valence electrons. The molecular weight excluding hydrogens is 291 g/mol. The Morgan fingerprint density at radius 2 is 2.19 bits per heavy atom. The van der Waals surface area contributed by atoms with Gasteiger partial charge in [-0.2, -0.15) is 11.8 Å². The van der Waals surface area contributed by atoms with Crippen LogP contribution in [-0.2, 0) is 4.79 Å². The minimum absolute atomic E-state index is 0.0277. The molecule has 2 rings (SSSR count). The monoisotopic (exact) mass is 312 g/mol. The molecule has 4 nitrogen and oxygen atoms in total. The SMILES string of the molecule is CC(CC(=O)Nc1ccc(F)cc1)NCC1(O)CCSC1. The largest absolute Gasteiger partial charge is 0.388 e. The molecule has 1 aliphatic rings. The van der Waals surface area contributed by atoms with Crippen molar-refractivity contribution in [3.8, 4) is 0 Å². The average molecular weight is 312 g/mol. The van der Waals surface area contributed by atoms with E-state index in [1.807, 2.05) is 6.92 Å². The lowest BCUT2D eigenvalue weighted by Crippen LogP contribution is -2.44. The number of hydrogen-bond donors (Lipinski definition) is 3. The van der Waals surface area contributed by atoms with Crippen LogP contribution in [0.3, 0.4) is 0 Å². The van der Waals surface area contributed by atoms with Gasteiger partial charge in [-0.05, 0) is 43.4 Å². The Morgan fingerprint density at radius 1 is 1.48 bits per heavy atom. The van der Waals surface area contributed by atoms with Gasteiger partial charge in [-0.15, -0.1) is 0 Å².